The zero-order valence-corrected chi connectivity index (χ0v) is 7.11. The summed E-state index contributed by atoms with van der Waals surface area (Å²) in [4.78, 5) is 0. The molecule has 1 heterocycles. The van der Waals surface area contributed by atoms with Crippen molar-refractivity contribution in [2.75, 3.05) is 0 Å². The molecule has 1 aromatic heterocycles. The average molecular weight is 166 g/mol. The molecule has 0 atom stereocenters. The van der Waals surface area contributed by atoms with Gasteiger partial charge in [0, 0.05) is 6.20 Å². The molecule has 0 unspecified atom stereocenters. The van der Waals surface area contributed by atoms with Crippen LogP contribution in [-0.4, -0.2) is 15.0 Å². The molecule has 0 saturated heterocycles. The molecule has 0 radical (unpaired) electrons. The molecule has 2 N–H and O–H groups in total. The lowest BCUT2D eigenvalue weighted by Gasteiger charge is -2.32. The van der Waals surface area contributed by atoms with E-state index in [2.05, 4.69) is 10.3 Å². The Morgan fingerprint density at radius 3 is 2.58 bits per heavy atom. The van der Waals surface area contributed by atoms with Crippen LogP contribution >= 0.6 is 0 Å². The van der Waals surface area contributed by atoms with Gasteiger partial charge >= 0.3 is 0 Å². The van der Waals surface area contributed by atoms with Crippen LogP contribution in [0.4, 0.5) is 0 Å². The molecule has 1 saturated carbocycles. The minimum absolute atomic E-state index is 0.255. The van der Waals surface area contributed by atoms with Gasteiger partial charge in [-0.25, -0.2) is 4.68 Å². The van der Waals surface area contributed by atoms with Crippen molar-refractivity contribution in [1.82, 2.24) is 15.0 Å². The van der Waals surface area contributed by atoms with Crippen molar-refractivity contribution in [2.45, 2.75) is 37.8 Å². The molecule has 1 aliphatic carbocycles. The Morgan fingerprint density at radius 2 is 2.00 bits per heavy atom. The third kappa shape index (κ3) is 1.22. The summed E-state index contributed by atoms with van der Waals surface area (Å²) in [5.74, 6) is 0. The lowest BCUT2D eigenvalue weighted by molar-refractivity contribution is 0.178. The molecule has 4 nitrogen and oxygen atoms in total. The quantitative estimate of drug-likeness (QED) is 0.673. The number of hydrogen-bond donors (Lipinski definition) is 1. The van der Waals surface area contributed by atoms with Crippen molar-refractivity contribution >= 4 is 0 Å². The van der Waals surface area contributed by atoms with E-state index in [1.54, 1.807) is 10.9 Å². The first-order valence-corrected chi connectivity index (χ1v) is 4.47. The van der Waals surface area contributed by atoms with Gasteiger partial charge in [0.25, 0.3) is 0 Å². The topological polar surface area (TPSA) is 56.7 Å². The van der Waals surface area contributed by atoms with E-state index in [0.717, 1.165) is 12.8 Å². The maximum atomic E-state index is 6.19. The predicted molar refractivity (Wildman–Crippen MR) is 45.3 cm³/mol. The third-order valence-corrected chi connectivity index (χ3v) is 2.60. The van der Waals surface area contributed by atoms with Crippen molar-refractivity contribution < 1.29 is 0 Å². The largest absolute Gasteiger partial charge is 0.307 e. The van der Waals surface area contributed by atoms with Crippen LogP contribution in [0.1, 0.15) is 32.1 Å². The third-order valence-electron chi connectivity index (χ3n) is 2.60. The SMILES string of the molecule is NC1(n2ccnn2)CCCCC1. The van der Waals surface area contributed by atoms with Gasteiger partial charge in [-0.1, -0.05) is 11.6 Å². The number of hydrogen-bond acceptors (Lipinski definition) is 3. The summed E-state index contributed by atoms with van der Waals surface area (Å²) in [6.07, 6.45) is 9.29. The van der Waals surface area contributed by atoms with E-state index in [4.69, 9.17) is 5.73 Å². The van der Waals surface area contributed by atoms with Crippen LogP contribution in [0.25, 0.3) is 0 Å². The fourth-order valence-electron chi connectivity index (χ4n) is 1.84. The first-order chi connectivity index (χ1) is 5.81. The minimum atomic E-state index is -0.255. The maximum absolute atomic E-state index is 6.19. The van der Waals surface area contributed by atoms with E-state index in [-0.39, 0.29) is 5.66 Å². The Morgan fingerprint density at radius 1 is 1.25 bits per heavy atom. The van der Waals surface area contributed by atoms with Crippen LogP contribution in [-0.2, 0) is 5.66 Å². The highest BCUT2D eigenvalue weighted by Gasteiger charge is 2.29. The summed E-state index contributed by atoms with van der Waals surface area (Å²) >= 11 is 0. The van der Waals surface area contributed by atoms with Gasteiger partial charge in [-0.05, 0) is 25.7 Å². The second kappa shape index (κ2) is 2.86. The van der Waals surface area contributed by atoms with Gasteiger partial charge in [-0.15, -0.1) is 5.10 Å². The van der Waals surface area contributed by atoms with E-state index < -0.39 is 0 Å². The van der Waals surface area contributed by atoms with E-state index >= 15 is 0 Å². The highest BCUT2D eigenvalue weighted by molar-refractivity contribution is 4.84. The molecular formula is C8H14N4. The van der Waals surface area contributed by atoms with Gasteiger partial charge in [0.2, 0.25) is 0 Å². The second-order valence-electron chi connectivity index (χ2n) is 3.51. The Kier molecular flexibility index (Phi) is 1.84. The monoisotopic (exact) mass is 166 g/mol. The average Bonchev–Trinajstić information content (AvgIpc) is 2.58. The van der Waals surface area contributed by atoms with Crippen LogP contribution in [0.2, 0.25) is 0 Å². The highest BCUT2D eigenvalue weighted by atomic mass is 15.5. The van der Waals surface area contributed by atoms with Gasteiger partial charge in [0.1, 0.15) is 5.66 Å². The molecule has 66 valence electrons. The maximum Gasteiger partial charge on any atom is 0.111 e. The van der Waals surface area contributed by atoms with E-state index in [9.17, 15) is 0 Å². The summed E-state index contributed by atoms with van der Waals surface area (Å²) in [5, 5.41) is 7.73. The summed E-state index contributed by atoms with van der Waals surface area (Å²) in [7, 11) is 0. The summed E-state index contributed by atoms with van der Waals surface area (Å²) < 4.78 is 1.80. The molecule has 0 spiro atoms. The van der Waals surface area contributed by atoms with Crippen molar-refractivity contribution in [1.29, 1.82) is 0 Å². The summed E-state index contributed by atoms with van der Waals surface area (Å²) in [6, 6.07) is 0. The van der Waals surface area contributed by atoms with Gasteiger partial charge in [-0.3, -0.25) is 0 Å². The lowest BCUT2D eigenvalue weighted by atomic mass is 9.90. The molecule has 2 rings (SSSR count). The smallest absolute Gasteiger partial charge is 0.111 e. The molecule has 0 amide bonds. The Balaban J connectivity index is 2.19. The van der Waals surface area contributed by atoms with Gasteiger partial charge in [-0.2, -0.15) is 0 Å². The first-order valence-electron chi connectivity index (χ1n) is 4.47. The standard InChI is InChI=1S/C8H14N4/c9-8(4-2-1-3-5-8)12-7-6-10-11-12/h6-7H,1-5,9H2. The zero-order valence-electron chi connectivity index (χ0n) is 7.11. The Bertz CT molecular complexity index is 236. The van der Waals surface area contributed by atoms with Crippen LogP contribution in [0.15, 0.2) is 12.4 Å². The lowest BCUT2D eigenvalue weighted by Crippen LogP contribution is -2.45. The highest BCUT2D eigenvalue weighted by Crippen LogP contribution is 2.28. The van der Waals surface area contributed by atoms with Crippen LogP contribution in [0, 0.1) is 0 Å². The normalized spacial score (nSPS) is 22.4. The molecule has 12 heavy (non-hydrogen) atoms. The molecule has 0 bridgehead atoms. The van der Waals surface area contributed by atoms with Crippen LogP contribution < -0.4 is 5.73 Å². The van der Waals surface area contributed by atoms with Crippen molar-refractivity contribution in [3.63, 3.8) is 0 Å². The fourth-order valence-corrected chi connectivity index (χ4v) is 1.84. The fraction of sp³-hybridized carbons (Fsp3) is 0.750. The van der Waals surface area contributed by atoms with Crippen molar-refractivity contribution in [3.8, 4) is 0 Å². The molecule has 0 aromatic carbocycles. The summed E-state index contributed by atoms with van der Waals surface area (Å²) in [6.45, 7) is 0. The molecular weight excluding hydrogens is 152 g/mol. The van der Waals surface area contributed by atoms with E-state index in [1.807, 2.05) is 6.20 Å². The van der Waals surface area contributed by atoms with E-state index in [1.165, 1.54) is 19.3 Å². The van der Waals surface area contributed by atoms with Gasteiger partial charge in [0.15, 0.2) is 0 Å². The molecule has 1 aliphatic rings. The first kappa shape index (κ1) is 7.73. The van der Waals surface area contributed by atoms with Gasteiger partial charge in [0.05, 0.1) is 6.20 Å². The number of nitrogens with zero attached hydrogens (tertiary/aromatic N) is 3. The minimum Gasteiger partial charge on any atom is -0.307 e. The molecule has 4 heteroatoms. The van der Waals surface area contributed by atoms with E-state index in [0.29, 0.717) is 0 Å². The zero-order chi connectivity index (χ0) is 8.44. The van der Waals surface area contributed by atoms with Crippen molar-refractivity contribution in [3.05, 3.63) is 12.4 Å². The number of nitrogens with two attached hydrogens (primary N) is 1. The Labute approximate surface area is 71.8 Å². The predicted octanol–water partition coefficient (Wildman–Crippen LogP) is 0.854. The van der Waals surface area contributed by atoms with Crippen LogP contribution in [0.5, 0.6) is 0 Å². The molecule has 0 aliphatic heterocycles. The number of rotatable bonds is 1. The molecule has 1 fully saturated rings. The van der Waals surface area contributed by atoms with Gasteiger partial charge < -0.3 is 5.73 Å². The second-order valence-corrected chi connectivity index (χ2v) is 3.51. The number of aromatic nitrogens is 3. The summed E-state index contributed by atoms with van der Waals surface area (Å²) in [5.41, 5.74) is 5.93. The van der Waals surface area contributed by atoms with Crippen molar-refractivity contribution in [2.24, 2.45) is 5.73 Å². The molecule has 1 aromatic rings. The van der Waals surface area contributed by atoms with Crippen LogP contribution in [0.3, 0.4) is 0 Å². The Hall–Kier alpha value is -0.900.